The Morgan fingerprint density at radius 1 is 1.16 bits per heavy atom. The summed E-state index contributed by atoms with van der Waals surface area (Å²) >= 11 is 1.60. The van der Waals surface area contributed by atoms with Crippen molar-refractivity contribution in [3.8, 4) is 5.75 Å². The molecule has 0 unspecified atom stereocenters. The highest BCUT2D eigenvalue weighted by molar-refractivity contribution is 7.21. The largest absolute Gasteiger partial charge is 0.497 e. The van der Waals surface area contributed by atoms with Crippen LogP contribution in [0.25, 0.3) is 10.3 Å². The zero-order valence-corrected chi connectivity index (χ0v) is 14.7. The summed E-state index contributed by atoms with van der Waals surface area (Å²) < 4.78 is 5.20. The molecular formula is C18H18N4O2S. The Balaban J connectivity index is 1.44. The smallest absolute Gasteiger partial charge is 0.254 e. The lowest BCUT2D eigenvalue weighted by molar-refractivity contribution is 0.0746. The van der Waals surface area contributed by atoms with Crippen LogP contribution in [0, 0.1) is 0 Å². The molecule has 1 aliphatic rings. The third kappa shape index (κ3) is 3.15. The van der Waals surface area contributed by atoms with E-state index in [0.29, 0.717) is 24.4 Å². The van der Waals surface area contributed by atoms with Crippen molar-refractivity contribution in [1.82, 2.24) is 14.9 Å². The number of methoxy groups -OCH3 is 1. The summed E-state index contributed by atoms with van der Waals surface area (Å²) in [4.78, 5) is 26.7. The van der Waals surface area contributed by atoms with Gasteiger partial charge in [-0.3, -0.25) is 4.79 Å². The lowest BCUT2D eigenvalue weighted by Gasteiger charge is -2.34. The Bertz CT molecular complexity index is 870. The van der Waals surface area contributed by atoms with E-state index in [9.17, 15) is 4.79 Å². The van der Waals surface area contributed by atoms with E-state index >= 15 is 0 Å². The first-order valence-electron chi connectivity index (χ1n) is 8.14. The maximum Gasteiger partial charge on any atom is 0.254 e. The summed E-state index contributed by atoms with van der Waals surface area (Å²) in [5, 5.41) is 0.974. The molecule has 2 aromatic heterocycles. The van der Waals surface area contributed by atoms with Gasteiger partial charge in [0.15, 0.2) is 5.13 Å². The van der Waals surface area contributed by atoms with Crippen LogP contribution in [-0.4, -0.2) is 54.1 Å². The molecule has 0 atom stereocenters. The summed E-state index contributed by atoms with van der Waals surface area (Å²) in [5.41, 5.74) is 1.59. The van der Waals surface area contributed by atoms with E-state index in [0.717, 1.165) is 28.6 Å². The summed E-state index contributed by atoms with van der Waals surface area (Å²) in [7, 11) is 1.61. The van der Waals surface area contributed by atoms with Crippen molar-refractivity contribution in [3.05, 3.63) is 48.2 Å². The fourth-order valence-corrected chi connectivity index (χ4v) is 3.89. The van der Waals surface area contributed by atoms with Gasteiger partial charge in [-0.25, -0.2) is 9.97 Å². The number of benzene rings is 1. The number of ether oxygens (including phenoxy) is 1. The van der Waals surface area contributed by atoms with Crippen molar-refractivity contribution in [2.24, 2.45) is 0 Å². The highest BCUT2D eigenvalue weighted by Crippen LogP contribution is 2.27. The van der Waals surface area contributed by atoms with Gasteiger partial charge in [0.05, 0.1) is 7.11 Å². The Labute approximate surface area is 149 Å². The quantitative estimate of drug-likeness (QED) is 0.724. The van der Waals surface area contributed by atoms with Crippen molar-refractivity contribution in [1.29, 1.82) is 0 Å². The fourth-order valence-electron chi connectivity index (χ4n) is 2.93. The van der Waals surface area contributed by atoms with Crippen molar-refractivity contribution in [2.75, 3.05) is 38.2 Å². The fraction of sp³-hybridized carbons (Fsp3) is 0.278. The SMILES string of the molecule is COc1cccc(C(=O)N2CCN(c3nc4cccnc4s3)CC2)c1. The van der Waals surface area contributed by atoms with Gasteiger partial charge in [-0.1, -0.05) is 17.4 Å². The molecule has 6 nitrogen and oxygen atoms in total. The molecule has 1 fully saturated rings. The lowest BCUT2D eigenvalue weighted by Crippen LogP contribution is -2.48. The molecule has 1 aliphatic heterocycles. The number of pyridine rings is 1. The van der Waals surface area contributed by atoms with Gasteiger partial charge in [0.25, 0.3) is 5.91 Å². The molecule has 1 aromatic carbocycles. The second-order valence-corrected chi connectivity index (χ2v) is 6.79. The van der Waals surface area contributed by atoms with Crippen molar-refractivity contribution in [3.63, 3.8) is 0 Å². The van der Waals surface area contributed by atoms with E-state index in [2.05, 4.69) is 14.9 Å². The predicted molar refractivity (Wildman–Crippen MR) is 98.5 cm³/mol. The molecule has 0 aliphatic carbocycles. The Hall–Kier alpha value is -2.67. The zero-order chi connectivity index (χ0) is 17.2. The first kappa shape index (κ1) is 15.8. The number of carbonyl (C=O) groups excluding carboxylic acids is 1. The number of fused-ring (bicyclic) bond motifs is 1. The number of anilines is 1. The maximum absolute atomic E-state index is 12.7. The molecule has 3 heterocycles. The number of thiazole rings is 1. The highest BCUT2D eigenvalue weighted by atomic mass is 32.1. The van der Waals surface area contributed by atoms with Gasteiger partial charge in [-0.2, -0.15) is 0 Å². The third-order valence-electron chi connectivity index (χ3n) is 4.31. The number of hydrogen-bond acceptors (Lipinski definition) is 6. The number of nitrogens with zero attached hydrogens (tertiary/aromatic N) is 4. The standard InChI is InChI=1S/C18H18N4O2S/c1-24-14-5-2-4-13(12-14)17(23)21-8-10-22(11-9-21)18-20-15-6-3-7-19-16(15)25-18/h2-7,12H,8-11H2,1H3. The first-order chi connectivity index (χ1) is 12.2. The van der Waals surface area contributed by atoms with E-state index in [1.807, 2.05) is 35.2 Å². The Morgan fingerprint density at radius 2 is 2.00 bits per heavy atom. The normalized spacial score (nSPS) is 14.8. The zero-order valence-electron chi connectivity index (χ0n) is 13.9. The predicted octanol–water partition coefficient (Wildman–Crippen LogP) is 2.66. The molecule has 3 aromatic rings. The Kier molecular flexibility index (Phi) is 4.23. The second kappa shape index (κ2) is 6.68. The number of carbonyl (C=O) groups is 1. The molecule has 25 heavy (non-hydrogen) atoms. The monoisotopic (exact) mass is 354 g/mol. The van der Waals surface area contributed by atoms with Gasteiger partial charge in [-0.15, -0.1) is 0 Å². The average molecular weight is 354 g/mol. The number of hydrogen-bond donors (Lipinski definition) is 0. The first-order valence-corrected chi connectivity index (χ1v) is 8.96. The minimum atomic E-state index is 0.0458. The van der Waals surface area contributed by atoms with E-state index in [1.54, 1.807) is 30.7 Å². The number of aromatic nitrogens is 2. The van der Waals surface area contributed by atoms with Gasteiger partial charge in [0.1, 0.15) is 16.1 Å². The van der Waals surface area contributed by atoms with E-state index in [4.69, 9.17) is 4.74 Å². The second-order valence-electron chi connectivity index (χ2n) is 5.84. The molecule has 0 N–H and O–H groups in total. The van der Waals surface area contributed by atoms with E-state index in [-0.39, 0.29) is 5.91 Å². The van der Waals surface area contributed by atoms with Crippen LogP contribution in [0.2, 0.25) is 0 Å². The molecule has 1 amide bonds. The van der Waals surface area contributed by atoms with Crippen LogP contribution in [0.4, 0.5) is 5.13 Å². The molecule has 4 rings (SSSR count). The minimum absolute atomic E-state index is 0.0458. The van der Waals surface area contributed by atoms with E-state index in [1.165, 1.54) is 0 Å². The molecular weight excluding hydrogens is 336 g/mol. The van der Waals surface area contributed by atoms with Crippen LogP contribution in [0.3, 0.4) is 0 Å². The third-order valence-corrected chi connectivity index (χ3v) is 5.35. The van der Waals surface area contributed by atoms with Crippen LogP contribution in [-0.2, 0) is 0 Å². The molecule has 0 saturated carbocycles. The Morgan fingerprint density at radius 3 is 2.76 bits per heavy atom. The van der Waals surface area contributed by atoms with Crippen molar-refractivity contribution in [2.45, 2.75) is 0 Å². The maximum atomic E-state index is 12.7. The molecule has 0 bridgehead atoms. The van der Waals surface area contributed by atoms with Gasteiger partial charge >= 0.3 is 0 Å². The molecule has 1 saturated heterocycles. The number of rotatable bonds is 3. The van der Waals surface area contributed by atoms with Crippen LogP contribution in [0.5, 0.6) is 5.75 Å². The summed E-state index contributed by atoms with van der Waals surface area (Å²) in [6.07, 6.45) is 1.79. The van der Waals surface area contributed by atoms with E-state index < -0.39 is 0 Å². The summed E-state index contributed by atoms with van der Waals surface area (Å²) in [6.45, 7) is 2.91. The van der Waals surface area contributed by atoms with Crippen molar-refractivity contribution < 1.29 is 9.53 Å². The van der Waals surface area contributed by atoms with Gasteiger partial charge < -0.3 is 14.5 Å². The van der Waals surface area contributed by atoms with Crippen LogP contribution >= 0.6 is 11.3 Å². The van der Waals surface area contributed by atoms with Crippen LogP contribution < -0.4 is 9.64 Å². The number of amides is 1. The van der Waals surface area contributed by atoms with Crippen molar-refractivity contribution >= 4 is 32.7 Å². The van der Waals surface area contributed by atoms with Crippen LogP contribution in [0.15, 0.2) is 42.6 Å². The summed E-state index contributed by atoms with van der Waals surface area (Å²) in [5.74, 6) is 0.746. The minimum Gasteiger partial charge on any atom is -0.497 e. The van der Waals surface area contributed by atoms with Crippen LogP contribution in [0.1, 0.15) is 10.4 Å². The molecule has 128 valence electrons. The lowest BCUT2D eigenvalue weighted by atomic mass is 10.1. The molecule has 0 radical (unpaired) electrons. The topological polar surface area (TPSA) is 58.6 Å². The summed E-state index contributed by atoms with van der Waals surface area (Å²) in [6, 6.07) is 11.2. The average Bonchev–Trinajstić information content (AvgIpc) is 3.12. The van der Waals surface area contributed by atoms with Gasteiger partial charge in [0, 0.05) is 37.9 Å². The highest BCUT2D eigenvalue weighted by Gasteiger charge is 2.24. The van der Waals surface area contributed by atoms with Gasteiger partial charge in [0.2, 0.25) is 0 Å². The molecule has 7 heteroatoms. The molecule has 0 spiro atoms. The van der Waals surface area contributed by atoms with Gasteiger partial charge in [-0.05, 0) is 30.3 Å². The number of piperazine rings is 1.